The number of hydrogen-bond donors (Lipinski definition) is 1. The van der Waals surface area contributed by atoms with Gasteiger partial charge in [0.15, 0.2) is 0 Å². The lowest BCUT2D eigenvalue weighted by Crippen LogP contribution is -2.38. The molecule has 2 N–H and O–H groups in total. The highest BCUT2D eigenvalue weighted by Gasteiger charge is 2.31. The highest BCUT2D eigenvalue weighted by molar-refractivity contribution is 5.29. The highest BCUT2D eigenvalue weighted by Crippen LogP contribution is 2.38. The second-order valence-corrected chi connectivity index (χ2v) is 6.81. The van der Waals surface area contributed by atoms with Gasteiger partial charge in [0, 0.05) is 13.1 Å². The summed E-state index contributed by atoms with van der Waals surface area (Å²) in [5.41, 5.74) is 9.65. The minimum Gasteiger partial charge on any atom is -0.330 e. The van der Waals surface area contributed by atoms with Crippen molar-refractivity contribution in [2.24, 2.45) is 11.1 Å². The van der Waals surface area contributed by atoms with Crippen LogP contribution in [0.1, 0.15) is 49.7 Å². The number of benzene rings is 1. The molecule has 2 heteroatoms. The molecular weight excluding hydrogens is 244 g/mol. The summed E-state index contributed by atoms with van der Waals surface area (Å²) < 4.78 is 0. The van der Waals surface area contributed by atoms with Crippen LogP contribution in [0.2, 0.25) is 0 Å². The topological polar surface area (TPSA) is 29.3 Å². The Morgan fingerprint density at radius 2 is 1.80 bits per heavy atom. The van der Waals surface area contributed by atoms with Gasteiger partial charge in [0.2, 0.25) is 0 Å². The lowest BCUT2D eigenvalue weighted by molar-refractivity contribution is 0.141. The number of hydrogen-bond acceptors (Lipinski definition) is 2. The molecule has 2 aliphatic rings. The molecule has 1 saturated carbocycles. The van der Waals surface area contributed by atoms with E-state index in [1.807, 2.05) is 0 Å². The maximum atomic E-state index is 6.11. The zero-order valence-corrected chi connectivity index (χ0v) is 12.6. The third kappa shape index (κ3) is 3.07. The Kier molecular flexibility index (Phi) is 4.42. The lowest BCUT2D eigenvalue weighted by Gasteiger charge is -2.39. The van der Waals surface area contributed by atoms with Crippen LogP contribution in [0.25, 0.3) is 0 Å². The summed E-state index contributed by atoms with van der Waals surface area (Å²) in [6.45, 7) is 4.47. The molecule has 1 aliphatic heterocycles. The molecule has 20 heavy (non-hydrogen) atoms. The Bertz CT molecular complexity index is 435. The number of nitrogens with two attached hydrogens (primary N) is 1. The first-order chi connectivity index (χ1) is 9.81. The maximum absolute atomic E-state index is 6.11. The number of rotatable bonds is 4. The summed E-state index contributed by atoms with van der Waals surface area (Å²) in [6, 6.07) is 8.92. The molecule has 0 bridgehead atoms. The summed E-state index contributed by atoms with van der Waals surface area (Å²) in [5, 5.41) is 0. The molecule has 0 unspecified atom stereocenters. The molecule has 1 fully saturated rings. The van der Waals surface area contributed by atoms with Gasteiger partial charge in [-0.25, -0.2) is 0 Å². The van der Waals surface area contributed by atoms with Crippen LogP contribution in [0.15, 0.2) is 24.3 Å². The summed E-state index contributed by atoms with van der Waals surface area (Å²) in [6.07, 6.45) is 9.41. The maximum Gasteiger partial charge on any atom is 0.0236 e. The minimum absolute atomic E-state index is 0.454. The SMILES string of the molecule is NCC1(CCN2CCc3ccccc3C2)CCCCC1. The molecule has 3 rings (SSSR count). The van der Waals surface area contributed by atoms with Crippen LogP contribution in [0.4, 0.5) is 0 Å². The van der Waals surface area contributed by atoms with E-state index in [1.54, 1.807) is 5.56 Å². The molecule has 0 saturated heterocycles. The Labute approximate surface area is 123 Å². The van der Waals surface area contributed by atoms with Crippen molar-refractivity contribution in [1.82, 2.24) is 4.90 Å². The molecule has 1 aromatic carbocycles. The standard InChI is InChI=1S/C18H28N2/c19-15-18(9-4-1-5-10-18)11-13-20-12-8-16-6-2-3-7-17(16)14-20/h2-3,6-7H,1,4-5,8-15,19H2. The first-order valence-corrected chi connectivity index (χ1v) is 8.31. The van der Waals surface area contributed by atoms with Crippen LogP contribution >= 0.6 is 0 Å². The number of nitrogens with zero attached hydrogens (tertiary/aromatic N) is 1. The van der Waals surface area contributed by atoms with Gasteiger partial charge < -0.3 is 5.73 Å². The van der Waals surface area contributed by atoms with Gasteiger partial charge in [-0.05, 0) is 55.3 Å². The van der Waals surface area contributed by atoms with E-state index in [1.165, 1.54) is 63.6 Å². The highest BCUT2D eigenvalue weighted by atomic mass is 15.1. The molecule has 0 amide bonds. The monoisotopic (exact) mass is 272 g/mol. The van der Waals surface area contributed by atoms with Crippen molar-refractivity contribution in [1.29, 1.82) is 0 Å². The van der Waals surface area contributed by atoms with E-state index >= 15 is 0 Å². The third-order valence-electron chi connectivity index (χ3n) is 5.52. The van der Waals surface area contributed by atoms with Crippen LogP contribution in [0.5, 0.6) is 0 Å². The summed E-state index contributed by atoms with van der Waals surface area (Å²) in [4.78, 5) is 2.63. The largest absolute Gasteiger partial charge is 0.330 e. The first-order valence-electron chi connectivity index (χ1n) is 8.31. The summed E-state index contributed by atoms with van der Waals surface area (Å²) in [7, 11) is 0. The van der Waals surface area contributed by atoms with Crippen LogP contribution in [0, 0.1) is 5.41 Å². The molecule has 110 valence electrons. The quantitative estimate of drug-likeness (QED) is 0.911. The molecule has 2 nitrogen and oxygen atoms in total. The Morgan fingerprint density at radius 1 is 1.05 bits per heavy atom. The van der Waals surface area contributed by atoms with Crippen molar-refractivity contribution in [3.8, 4) is 0 Å². The van der Waals surface area contributed by atoms with E-state index in [0.717, 1.165) is 13.1 Å². The molecule has 0 spiro atoms. The fourth-order valence-electron chi connectivity index (χ4n) is 4.00. The van der Waals surface area contributed by atoms with Crippen molar-refractivity contribution in [3.05, 3.63) is 35.4 Å². The fourth-order valence-corrected chi connectivity index (χ4v) is 4.00. The second-order valence-electron chi connectivity index (χ2n) is 6.81. The van der Waals surface area contributed by atoms with Gasteiger partial charge in [0.05, 0.1) is 0 Å². The van der Waals surface area contributed by atoms with E-state index in [9.17, 15) is 0 Å². The van der Waals surface area contributed by atoms with Gasteiger partial charge in [-0.3, -0.25) is 4.90 Å². The van der Waals surface area contributed by atoms with Gasteiger partial charge in [-0.2, -0.15) is 0 Å². The first kappa shape index (κ1) is 14.1. The van der Waals surface area contributed by atoms with Crippen LogP contribution in [-0.4, -0.2) is 24.5 Å². The zero-order chi connectivity index (χ0) is 13.8. The predicted octanol–water partition coefficient (Wildman–Crippen LogP) is 3.34. The average Bonchev–Trinajstić information content (AvgIpc) is 2.54. The van der Waals surface area contributed by atoms with Crippen molar-refractivity contribution >= 4 is 0 Å². The Hall–Kier alpha value is -0.860. The molecule has 0 aromatic heterocycles. The molecule has 1 aliphatic carbocycles. The van der Waals surface area contributed by atoms with E-state index < -0.39 is 0 Å². The fraction of sp³-hybridized carbons (Fsp3) is 0.667. The lowest BCUT2D eigenvalue weighted by atomic mass is 9.72. The Balaban J connectivity index is 1.57. The number of fused-ring (bicyclic) bond motifs is 1. The Morgan fingerprint density at radius 3 is 2.55 bits per heavy atom. The van der Waals surface area contributed by atoms with Crippen LogP contribution < -0.4 is 5.73 Å². The van der Waals surface area contributed by atoms with Gasteiger partial charge in [0.25, 0.3) is 0 Å². The van der Waals surface area contributed by atoms with Crippen molar-refractivity contribution < 1.29 is 0 Å². The smallest absolute Gasteiger partial charge is 0.0236 e. The predicted molar refractivity (Wildman–Crippen MR) is 84.6 cm³/mol. The minimum atomic E-state index is 0.454. The van der Waals surface area contributed by atoms with Gasteiger partial charge >= 0.3 is 0 Å². The summed E-state index contributed by atoms with van der Waals surface area (Å²) >= 11 is 0. The van der Waals surface area contributed by atoms with Crippen molar-refractivity contribution in [2.45, 2.75) is 51.5 Å². The van der Waals surface area contributed by atoms with Gasteiger partial charge in [0.1, 0.15) is 0 Å². The van der Waals surface area contributed by atoms with Crippen molar-refractivity contribution in [3.63, 3.8) is 0 Å². The van der Waals surface area contributed by atoms with Gasteiger partial charge in [-0.15, -0.1) is 0 Å². The van der Waals surface area contributed by atoms with E-state index in [-0.39, 0.29) is 0 Å². The van der Waals surface area contributed by atoms with Gasteiger partial charge in [-0.1, -0.05) is 43.5 Å². The van der Waals surface area contributed by atoms with E-state index in [2.05, 4.69) is 29.2 Å². The van der Waals surface area contributed by atoms with Crippen molar-refractivity contribution in [2.75, 3.05) is 19.6 Å². The summed E-state index contributed by atoms with van der Waals surface area (Å²) in [5.74, 6) is 0. The molecule has 1 aromatic rings. The zero-order valence-electron chi connectivity index (χ0n) is 12.6. The molecule has 0 atom stereocenters. The second kappa shape index (κ2) is 6.28. The molecular formula is C18H28N2. The average molecular weight is 272 g/mol. The molecule has 1 heterocycles. The van der Waals surface area contributed by atoms with E-state index in [4.69, 9.17) is 5.73 Å². The van der Waals surface area contributed by atoms with Crippen LogP contribution in [-0.2, 0) is 13.0 Å². The molecule has 0 radical (unpaired) electrons. The van der Waals surface area contributed by atoms with E-state index in [0.29, 0.717) is 5.41 Å². The normalized spacial score (nSPS) is 22.4. The third-order valence-corrected chi connectivity index (χ3v) is 5.52. The van der Waals surface area contributed by atoms with Crippen LogP contribution in [0.3, 0.4) is 0 Å².